The summed E-state index contributed by atoms with van der Waals surface area (Å²) < 4.78 is 5.09. The molecule has 0 spiro atoms. The van der Waals surface area contributed by atoms with E-state index in [0.717, 1.165) is 17.7 Å². The van der Waals surface area contributed by atoms with Gasteiger partial charge in [-0.2, -0.15) is 0 Å². The number of likely N-dealkylation sites (N-methyl/N-ethyl adjacent to an activating group) is 1. The molecule has 5 nitrogen and oxygen atoms in total. The Kier molecular flexibility index (Phi) is 3.95. The third kappa shape index (κ3) is 2.66. The minimum atomic E-state index is -0.673. The van der Waals surface area contributed by atoms with E-state index >= 15 is 0 Å². The van der Waals surface area contributed by atoms with Gasteiger partial charge in [0, 0.05) is 20.6 Å². The number of methoxy groups -OCH3 is 1. The molecule has 2 atom stereocenters. The second kappa shape index (κ2) is 5.48. The second-order valence-electron chi connectivity index (χ2n) is 4.89. The topological polar surface area (TPSA) is 53.0 Å². The molecule has 1 aliphatic heterocycles. The Balaban J connectivity index is 2.14. The highest BCUT2D eigenvalue weighted by Gasteiger charge is 2.33. The lowest BCUT2D eigenvalue weighted by Gasteiger charge is -2.40. The van der Waals surface area contributed by atoms with Crippen molar-refractivity contribution in [1.82, 2.24) is 9.80 Å². The van der Waals surface area contributed by atoms with Gasteiger partial charge in [-0.1, -0.05) is 12.1 Å². The van der Waals surface area contributed by atoms with Gasteiger partial charge in [-0.3, -0.25) is 0 Å². The van der Waals surface area contributed by atoms with E-state index in [-0.39, 0.29) is 12.1 Å². The monoisotopic (exact) mass is 264 g/mol. The summed E-state index contributed by atoms with van der Waals surface area (Å²) in [6, 6.07) is 7.06. The molecule has 2 unspecified atom stereocenters. The zero-order chi connectivity index (χ0) is 14.0. The minimum Gasteiger partial charge on any atom is -0.497 e. The summed E-state index contributed by atoms with van der Waals surface area (Å²) in [5, 5.41) is 10.4. The van der Waals surface area contributed by atoms with Gasteiger partial charge in [-0.05, 0) is 24.1 Å². The quantitative estimate of drug-likeness (QED) is 0.899. The molecule has 0 aromatic heterocycles. The summed E-state index contributed by atoms with van der Waals surface area (Å²) in [5.74, 6) is 0.753. The number of nitrogens with zero attached hydrogens (tertiary/aromatic N) is 2. The Morgan fingerprint density at radius 1 is 1.32 bits per heavy atom. The van der Waals surface area contributed by atoms with Gasteiger partial charge in [0.05, 0.1) is 19.3 Å². The summed E-state index contributed by atoms with van der Waals surface area (Å²) >= 11 is 0. The van der Waals surface area contributed by atoms with Gasteiger partial charge in [-0.15, -0.1) is 0 Å². The normalized spacial score (nSPS) is 21.5. The second-order valence-corrected chi connectivity index (χ2v) is 4.89. The van der Waals surface area contributed by atoms with Crippen LogP contribution in [0.2, 0.25) is 0 Å². The number of benzene rings is 1. The zero-order valence-corrected chi connectivity index (χ0v) is 11.5. The average molecular weight is 264 g/mol. The van der Waals surface area contributed by atoms with Crippen LogP contribution < -0.4 is 4.74 Å². The highest BCUT2D eigenvalue weighted by atomic mass is 16.5. The van der Waals surface area contributed by atoms with Crippen molar-refractivity contribution in [3.8, 4) is 5.75 Å². The molecule has 1 aliphatic rings. The molecule has 1 heterocycles. The molecule has 19 heavy (non-hydrogen) atoms. The first kappa shape index (κ1) is 13.7. The first-order valence-electron chi connectivity index (χ1n) is 6.34. The Bertz CT molecular complexity index is 447. The minimum absolute atomic E-state index is 0.0520. The van der Waals surface area contributed by atoms with Crippen LogP contribution in [0.25, 0.3) is 0 Å². The number of hydrogen-bond acceptors (Lipinski definition) is 3. The van der Waals surface area contributed by atoms with Crippen LogP contribution in [0.3, 0.4) is 0 Å². The molecule has 1 aromatic carbocycles. The van der Waals surface area contributed by atoms with E-state index < -0.39 is 6.10 Å². The van der Waals surface area contributed by atoms with Crippen LogP contribution in [0.5, 0.6) is 5.75 Å². The molecule has 104 valence electrons. The zero-order valence-electron chi connectivity index (χ0n) is 11.5. The molecule has 0 aliphatic carbocycles. The molecule has 2 amide bonds. The maximum absolute atomic E-state index is 11.9. The average Bonchev–Trinajstić information content (AvgIpc) is 2.44. The Morgan fingerprint density at radius 3 is 2.53 bits per heavy atom. The van der Waals surface area contributed by atoms with Gasteiger partial charge in [0.1, 0.15) is 5.75 Å². The Morgan fingerprint density at radius 2 is 1.95 bits per heavy atom. The van der Waals surface area contributed by atoms with E-state index in [2.05, 4.69) is 0 Å². The van der Waals surface area contributed by atoms with Crippen molar-refractivity contribution < 1.29 is 14.6 Å². The Labute approximate surface area is 113 Å². The lowest BCUT2D eigenvalue weighted by Crippen LogP contribution is -2.52. The number of carbonyl (C=O) groups is 1. The summed E-state index contributed by atoms with van der Waals surface area (Å²) in [6.07, 6.45) is 0.0833. The van der Waals surface area contributed by atoms with Gasteiger partial charge in [-0.25, -0.2) is 4.79 Å². The number of aliphatic hydroxyl groups is 1. The number of urea groups is 1. The van der Waals surface area contributed by atoms with Gasteiger partial charge >= 0.3 is 6.03 Å². The van der Waals surface area contributed by atoms with Gasteiger partial charge < -0.3 is 19.6 Å². The first-order valence-corrected chi connectivity index (χ1v) is 6.34. The molecule has 1 fully saturated rings. The third-order valence-electron chi connectivity index (χ3n) is 3.71. The molecular weight excluding hydrogens is 244 g/mol. The number of rotatable bonds is 3. The molecule has 2 rings (SSSR count). The molecule has 1 aromatic rings. The predicted octanol–water partition coefficient (Wildman–Crippen LogP) is 1.48. The smallest absolute Gasteiger partial charge is 0.319 e. The van der Waals surface area contributed by atoms with E-state index in [1.165, 1.54) is 0 Å². The third-order valence-corrected chi connectivity index (χ3v) is 3.71. The van der Waals surface area contributed by atoms with E-state index in [1.807, 2.05) is 24.3 Å². The molecular formula is C14H20N2O3. The van der Waals surface area contributed by atoms with Crippen molar-refractivity contribution in [2.75, 3.05) is 27.7 Å². The van der Waals surface area contributed by atoms with Gasteiger partial charge in [0.25, 0.3) is 0 Å². The fourth-order valence-corrected chi connectivity index (χ4v) is 2.42. The predicted molar refractivity (Wildman–Crippen MR) is 72.1 cm³/mol. The van der Waals surface area contributed by atoms with Crippen molar-refractivity contribution in [2.24, 2.45) is 0 Å². The fraction of sp³-hybridized carbons (Fsp3) is 0.500. The summed E-state index contributed by atoms with van der Waals surface area (Å²) in [7, 11) is 5.11. The number of hydrogen-bond donors (Lipinski definition) is 1. The van der Waals surface area contributed by atoms with E-state index in [4.69, 9.17) is 4.74 Å². The molecule has 0 bridgehead atoms. The van der Waals surface area contributed by atoms with E-state index in [9.17, 15) is 9.90 Å². The maximum atomic E-state index is 11.9. The molecule has 1 N–H and O–H groups in total. The van der Waals surface area contributed by atoms with E-state index in [1.54, 1.807) is 31.0 Å². The van der Waals surface area contributed by atoms with Crippen LogP contribution in [0.15, 0.2) is 24.3 Å². The lowest BCUT2D eigenvalue weighted by atomic mass is 9.97. The van der Waals surface area contributed by atoms with Crippen LogP contribution >= 0.6 is 0 Å². The van der Waals surface area contributed by atoms with Crippen LogP contribution in [0.1, 0.15) is 18.1 Å². The van der Waals surface area contributed by atoms with Crippen LogP contribution in [0, 0.1) is 0 Å². The summed E-state index contributed by atoms with van der Waals surface area (Å²) in [4.78, 5) is 15.2. The van der Waals surface area contributed by atoms with Crippen LogP contribution in [0.4, 0.5) is 4.79 Å². The van der Waals surface area contributed by atoms with Crippen molar-refractivity contribution >= 4 is 6.03 Å². The largest absolute Gasteiger partial charge is 0.497 e. The van der Waals surface area contributed by atoms with Crippen molar-refractivity contribution in [3.63, 3.8) is 0 Å². The first-order chi connectivity index (χ1) is 9.04. The van der Waals surface area contributed by atoms with Crippen molar-refractivity contribution in [2.45, 2.75) is 18.6 Å². The number of amides is 2. The number of carbonyl (C=O) groups excluding carboxylic acids is 1. The molecule has 0 saturated carbocycles. The summed E-state index contributed by atoms with van der Waals surface area (Å²) in [5.41, 5.74) is 0.801. The van der Waals surface area contributed by atoms with E-state index in [0.29, 0.717) is 6.54 Å². The maximum Gasteiger partial charge on any atom is 0.319 e. The highest BCUT2D eigenvalue weighted by Crippen LogP contribution is 2.27. The number of ether oxygens (including phenoxy) is 1. The van der Waals surface area contributed by atoms with Crippen molar-refractivity contribution in [1.29, 1.82) is 0 Å². The molecule has 1 saturated heterocycles. The number of aliphatic hydroxyl groups excluding tert-OH is 1. The fourth-order valence-electron chi connectivity index (χ4n) is 2.42. The molecule has 0 radical (unpaired) electrons. The van der Waals surface area contributed by atoms with Gasteiger partial charge in [0.15, 0.2) is 0 Å². The van der Waals surface area contributed by atoms with Gasteiger partial charge in [0.2, 0.25) is 0 Å². The van der Waals surface area contributed by atoms with Crippen LogP contribution in [-0.4, -0.2) is 54.7 Å². The Hall–Kier alpha value is -1.75. The lowest BCUT2D eigenvalue weighted by molar-refractivity contribution is 0.0405. The SMILES string of the molecule is COc1ccc(C(O)C2CCN(C)C(=O)N2C)cc1. The molecule has 5 heteroatoms. The van der Waals surface area contributed by atoms with Crippen molar-refractivity contribution in [3.05, 3.63) is 29.8 Å². The van der Waals surface area contributed by atoms with Crippen LogP contribution in [-0.2, 0) is 0 Å². The summed E-state index contributed by atoms with van der Waals surface area (Å²) in [6.45, 7) is 0.668. The highest BCUT2D eigenvalue weighted by molar-refractivity contribution is 5.75. The standard InChI is InChI=1S/C14H20N2O3/c1-15-9-8-12(16(2)14(15)18)13(17)10-4-6-11(19-3)7-5-10/h4-7,12-13,17H,8-9H2,1-3H3.